The van der Waals surface area contributed by atoms with Crippen molar-refractivity contribution in [2.45, 2.75) is 18.7 Å². The number of aromatic amines is 2. The Kier molecular flexibility index (Phi) is 4.06. The third-order valence-electron chi connectivity index (χ3n) is 3.01. The predicted octanol–water partition coefficient (Wildman–Crippen LogP) is 0.389. The van der Waals surface area contributed by atoms with E-state index in [-0.39, 0.29) is 17.1 Å². The van der Waals surface area contributed by atoms with Gasteiger partial charge in [0.05, 0.1) is 10.6 Å². The molecule has 10 nitrogen and oxygen atoms in total. The van der Waals surface area contributed by atoms with Crippen molar-refractivity contribution in [3.63, 3.8) is 0 Å². The maximum atomic E-state index is 12.3. The Morgan fingerprint density at radius 1 is 1.17 bits per heavy atom. The average Bonchev–Trinajstić information content (AvgIpc) is 2.38. The van der Waals surface area contributed by atoms with Gasteiger partial charge in [-0.25, -0.2) is 13.2 Å². The zero-order valence-corrected chi connectivity index (χ0v) is 12.9. The molecule has 0 bridgehead atoms. The number of nitrogens with one attached hydrogen (secondary N) is 3. The van der Waals surface area contributed by atoms with Crippen LogP contribution >= 0.6 is 0 Å². The number of non-ortho nitro benzene ring substituents is 1. The van der Waals surface area contributed by atoms with E-state index >= 15 is 0 Å². The zero-order chi connectivity index (χ0) is 17.4. The quantitative estimate of drug-likeness (QED) is 0.540. The van der Waals surface area contributed by atoms with Gasteiger partial charge in [-0.15, -0.1) is 0 Å². The van der Waals surface area contributed by atoms with Gasteiger partial charge in [0.25, 0.3) is 21.3 Å². The van der Waals surface area contributed by atoms with Crippen molar-refractivity contribution in [3.8, 4) is 0 Å². The molecule has 122 valence electrons. The first kappa shape index (κ1) is 16.4. The van der Waals surface area contributed by atoms with E-state index in [9.17, 15) is 28.1 Å². The predicted molar refractivity (Wildman–Crippen MR) is 81.1 cm³/mol. The number of benzene rings is 1. The van der Waals surface area contributed by atoms with Crippen LogP contribution in [0, 0.1) is 24.0 Å². The minimum atomic E-state index is -4.28. The van der Waals surface area contributed by atoms with Crippen LogP contribution in [0.4, 0.5) is 11.4 Å². The number of H-pyrrole nitrogens is 2. The average molecular weight is 340 g/mol. The highest BCUT2D eigenvalue weighted by molar-refractivity contribution is 7.92. The number of aromatic nitrogens is 2. The second kappa shape index (κ2) is 5.68. The third kappa shape index (κ3) is 3.29. The molecule has 0 radical (unpaired) electrons. The molecule has 0 saturated carbocycles. The number of nitro groups is 1. The molecule has 2 aromatic rings. The van der Waals surface area contributed by atoms with E-state index in [2.05, 4.69) is 9.71 Å². The van der Waals surface area contributed by atoms with Crippen molar-refractivity contribution in [2.24, 2.45) is 0 Å². The molecule has 0 fully saturated rings. The van der Waals surface area contributed by atoms with Crippen LogP contribution in [-0.2, 0) is 10.0 Å². The minimum Gasteiger partial charge on any atom is -0.310 e. The van der Waals surface area contributed by atoms with E-state index in [1.807, 2.05) is 4.98 Å². The number of anilines is 1. The summed E-state index contributed by atoms with van der Waals surface area (Å²) in [6.45, 7) is 2.75. The SMILES string of the molecule is Cc1cc([N+](=O)[O-])ccc1NS(=O)(=O)c1c(C)[nH]c(=O)[nH]c1=O. The van der Waals surface area contributed by atoms with E-state index in [1.165, 1.54) is 26.0 Å². The maximum absolute atomic E-state index is 12.3. The monoisotopic (exact) mass is 340 g/mol. The summed E-state index contributed by atoms with van der Waals surface area (Å²) in [6.07, 6.45) is 0. The molecule has 0 saturated heterocycles. The number of hydrogen-bond donors (Lipinski definition) is 3. The lowest BCUT2D eigenvalue weighted by Crippen LogP contribution is -2.31. The Morgan fingerprint density at radius 2 is 1.83 bits per heavy atom. The number of hydrogen-bond acceptors (Lipinski definition) is 6. The molecule has 23 heavy (non-hydrogen) atoms. The van der Waals surface area contributed by atoms with Crippen LogP contribution in [0.25, 0.3) is 0 Å². The van der Waals surface area contributed by atoms with Crippen LogP contribution in [0.2, 0.25) is 0 Å². The van der Waals surface area contributed by atoms with Crippen molar-refractivity contribution in [3.05, 3.63) is 60.4 Å². The molecule has 0 atom stereocenters. The highest BCUT2D eigenvalue weighted by Gasteiger charge is 2.23. The maximum Gasteiger partial charge on any atom is 0.325 e. The smallest absolute Gasteiger partial charge is 0.310 e. The van der Waals surface area contributed by atoms with Crippen molar-refractivity contribution in [2.75, 3.05) is 4.72 Å². The van der Waals surface area contributed by atoms with Crippen molar-refractivity contribution >= 4 is 21.4 Å². The summed E-state index contributed by atoms with van der Waals surface area (Å²) in [5, 5.41) is 10.7. The lowest BCUT2D eigenvalue weighted by Gasteiger charge is -2.11. The first-order chi connectivity index (χ1) is 10.6. The Balaban J connectivity index is 2.50. The summed E-state index contributed by atoms with van der Waals surface area (Å²) in [6, 6.07) is 3.55. The Labute approximate surface area is 129 Å². The Morgan fingerprint density at radius 3 is 2.35 bits per heavy atom. The number of nitrogens with zero attached hydrogens (tertiary/aromatic N) is 1. The fourth-order valence-corrected chi connectivity index (χ4v) is 3.35. The number of aryl methyl sites for hydroxylation is 2. The molecule has 0 unspecified atom stereocenters. The van der Waals surface area contributed by atoms with Crippen LogP contribution in [0.3, 0.4) is 0 Å². The summed E-state index contributed by atoms with van der Waals surface area (Å²) in [5.74, 6) is 0. The van der Waals surface area contributed by atoms with Gasteiger partial charge in [-0.2, -0.15) is 0 Å². The number of sulfonamides is 1. The zero-order valence-electron chi connectivity index (χ0n) is 12.0. The molecule has 0 aliphatic rings. The van der Waals surface area contributed by atoms with E-state index in [0.29, 0.717) is 5.56 Å². The molecule has 0 aliphatic carbocycles. The normalized spacial score (nSPS) is 11.2. The Hall–Kier alpha value is -2.95. The molecule has 0 spiro atoms. The van der Waals surface area contributed by atoms with Gasteiger partial charge >= 0.3 is 5.69 Å². The fourth-order valence-electron chi connectivity index (χ4n) is 1.98. The molecule has 2 rings (SSSR count). The largest absolute Gasteiger partial charge is 0.325 e. The first-order valence-corrected chi connectivity index (χ1v) is 7.71. The lowest BCUT2D eigenvalue weighted by molar-refractivity contribution is -0.384. The van der Waals surface area contributed by atoms with Gasteiger partial charge in [-0.1, -0.05) is 0 Å². The Bertz CT molecular complexity index is 1000. The third-order valence-corrected chi connectivity index (χ3v) is 4.53. The summed E-state index contributed by atoms with van der Waals surface area (Å²) in [7, 11) is -4.28. The summed E-state index contributed by atoms with van der Waals surface area (Å²) in [4.78, 5) is 36.3. The molecule has 3 N–H and O–H groups in total. The molecule has 1 aromatic heterocycles. The highest BCUT2D eigenvalue weighted by Crippen LogP contribution is 2.23. The second-order valence-corrected chi connectivity index (χ2v) is 6.34. The number of nitro benzene ring substituents is 1. The van der Waals surface area contributed by atoms with Crippen LogP contribution in [-0.4, -0.2) is 23.3 Å². The van der Waals surface area contributed by atoms with Crippen molar-refractivity contribution in [1.29, 1.82) is 0 Å². The second-order valence-electron chi connectivity index (χ2n) is 4.72. The van der Waals surface area contributed by atoms with Gasteiger partial charge in [0.2, 0.25) is 0 Å². The van der Waals surface area contributed by atoms with Crippen LogP contribution in [0.5, 0.6) is 0 Å². The van der Waals surface area contributed by atoms with E-state index < -0.39 is 31.1 Å². The lowest BCUT2D eigenvalue weighted by atomic mass is 10.2. The first-order valence-electron chi connectivity index (χ1n) is 6.23. The summed E-state index contributed by atoms with van der Waals surface area (Å²) < 4.78 is 26.9. The van der Waals surface area contributed by atoms with Gasteiger partial charge < -0.3 is 4.98 Å². The molecule has 1 heterocycles. The van der Waals surface area contributed by atoms with E-state index in [4.69, 9.17) is 0 Å². The van der Waals surface area contributed by atoms with E-state index in [1.54, 1.807) is 0 Å². The summed E-state index contributed by atoms with van der Waals surface area (Å²) >= 11 is 0. The molecule has 1 aromatic carbocycles. The van der Waals surface area contributed by atoms with Crippen molar-refractivity contribution < 1.29 is 13.3 Å². The number of rotatable bonds is 4. The highest BCUT2D eigenvalue weighted by atomic mass is 32.2. The fraction of sp³-hybridized carbons (Fsp3) is 0.167. The van der Waals surface area contributed by atoms with Crippen molar-refractivity contribution in [1.82, 2.24) is 9.97 Å². The molecular formula is C12H12N4O6S. The minimum absolute atomic E-state index is 0.0839. The topological polar surface area (TPSA) is 155 Å². The molecular weight excluding hydrogens is 328 g/mol. The van der Waals surface area contributed by atoms with Gasteiger partial charge in [-0.05, 0) is 25.5 Å². The summed E-state index contributed by atoms with van der Waals surface area (Å²) in [5.41, 5.74) is -1.80. The van der Waals surface area contributed by atoms with Crippen LogP contribution < -0.4 is 16.0 Å². The van der Waals surface area contributed by atoms with Gasteiger partial charge in [0.1, 0.15) is 0 Å². The molecule has 0 amide bonds. The standard InChI is InChI=1S/C12H12N4O6S/c1-6-5-8(16(19)20)3-4-9(6)15-23(21,22)10-7(2)13-12(18)14-11(10)17/h3-5,15H,1-2H3,(H2,13,14,17,18). The molecule has 11 heteroatoms. The van der Waals surface area contributed by atoms with E-state index in [0.717, 1.165) is 6.07 Å². The molecule has 0 aliphatic heterocycles. The van der Waals surface area contributed by atoms with Gasteiger partial charge in [0.15, 0.2) is 4.90 Å². The van der Waals surface area contributed by atoms with Crippen LogP contribution in [0.1, 0.15) is 11.3 Å². The van der Waals surface area contributed by atoms with Crippen LogP contribution in [0.15, 0.2) is 32.7 Å². The van der Waals surface area contributed by atoms with Gasteiger partial charge in [-0.3, -0.25) is 24.6 Å². The van der Waals surface area contributed by atoms with Gasteiger partial charge in [0, 0.05) is 17.8 Å².